The Morgan fingerprint density at radius 2 is 1.93 bits per heavy atom. The van der Waals surface area contributed by atoms with Crippen LogP contribution in [0.3, 0.4) is 0 Å². The molecule has 0 aliphatic heterocycles. The standard InChI is InChI=1S/C11H22O4/c1-9(12)6-11(2,15-5)7-10(14-4)8-13-3/h10H,6-8H2,1-5H3. The largest absolute Gasteiger partial charge is 0.382 e. The highest BCUT2D eigenvalue weighted by Gasteiger charge is 2.29. The number of ether oxygens (including phenoxy) is 3. The first kappa shape index (κ1) is 14.6. The molecular formula is C11H22O4. The first-order chi connectivity index (χ1) is 6.97. The predicted molar refractivity (Wildman–Crippen MR) is 58.0 cm³/mol. The van der Waals surface area contributed by atoms with E-state index in [-0.39, 0.29) is 11.9 Å². The van der Waals surface area contributed by atoms with Gasteiger partial charge in [0.15, 0.2) is 0 Å². The minimum Gasteiger partial charge on any atom is -0.382 e. The van der Waals surface area contributed by atoms with Crippen LogP contribution in [0.4, 0.5) is 0 Å². The van der Waals surface area contributed by atoms with E-state index in [0.29, 0.717) is 19.4 Å². The zero-order valence-corrected chi connectivity index (χ0v) is 10.3. The fourth-order valence-corrected chi connectivity index (χ4v) is 1.63. The Bertz CT molecular complexity index is 193. The van der Waals surface area contributed by atoms with Gasteiger partial charge in [-0.15, -0.1) is 0 Å². The third-order valence-corrected chi connectivity index (χ3v) is 2.46. The Kier molecular flexibility index (Phi) is 6.72. The second kappa shape index (κ2) is 6.93. The van der Waals surface area contributed by atoms with E-state index in [0.717, 1.165) is 0 Å². The molecule has 0 aliphatic rings. The van der Waals surface area contributed by atoms with Crippen LogP contribution in [0.25, 0.3) is 0 Å². The molecule has 0 heterocycles. The summed E-state index contributed by atoms with van der Waals surface area (Å²) in [5.74, 6) is 0.117. The summed E-state index contributed by atoms with van der Waals surface area (Å²) >= 11 is 0. The Balaban J connectivity index is 4.32. The van der Waals surface area contributed by atoms with Crippen LogP contribution < -0.4 is 0 Å². The number of ketones is 1. The summed E-state index contributed by atoms with van der Waals surface area (Å²) in [4.78, 5) is 11.1. The molecule has 4 nitrogen and oxygen atoms in total. The molecule has 90 valence electrons. The van der Waals surface area contributed by atoms with Gasteiger partial charge in [-0.1, -0.05) is 0 Å². The van der Waals surface area contributed by atoms with Crippen molar-refractivity contribution in [1.82, 2.24) is 0 Å². The number of carbonyl (C=O) groups excluding carboxylic acids is 1. The number of carbonyl (C=O) groups is 1. The van der Waals surface area contributed by atoms with E-state index in [4.69, 9.17) is 14.2 Å². The predicted octanol–water partition coefficient (Wildman–Crippen LogP) is 1.42. The molecule has 0 saturated carbocycles. The molecule has 0 rings (SSSR count). The zero-order valence-electron chi connectivity index (χ0n) is 10.3. The molecule has 2 unspecified atom stereocenters. The molecule has 4 heteroatoms. The molecule has 0 aromatic rings. The number of hydrogen-bond acceptors (Lipinski definition) is 4. The molecule has 0 N–H and O–H groups in total. The van der Waals surface area contributed by atoms with Crippen LogP contribution in [0.5, 0.6) is 0 Å². The van der Waals surface area contributed by atoms with Gasteiger partial charge < -0.3 is 14.2 Å². The lowest BCUT2D eigenvalue weighted by Gasteiger charge is -2.30. The molecule has 0 amide bonds. The van der Waals surface area contributed by atoms with Crippen LogP contribution in [0, 0.1) is 0 Å². The molecule has 15 heavy (non-hydrogen) atoms. The van der Waals surface area contributed by atoms with Crippen molar-refractivity contribution in [3.63, 3.8) is 0 Å². The van der Waals surface area contributed by atoms with Gasteiger partial charge in [0.25, 0.3) is 0 Å². The van der Waals surface area contributed by atoms with Gasteiger partial charge in [0.1, 0.15) is 5.78 Å². The molecule has 0 aromatic carbocycles. The molecule has 0 spiro atoms. The van der Waals surface area contributed by atoms with Crippen LogP contribution in [0.15, 0.2) is 0 Å². The normalized spacial score (nSPS) is 17.1. The third kappa shape index (κ3) is 5.87. The Labute approximate surface area is 91.9 Å². The first-order valence-corrected chi connectivity index (χ1v) is 5.03. The fraction of sp³-hybridized carbons (Fsp3) is 0.909. The second-order valence-electron chi connectivity index (χ2n) is 4.05. The maximum Gasteiger partial charge on any atom is 0.132 e. The Morgan fingerprint density at radius 3 is 2.27 bits per heavy atom. The van der Waals surface area contributed by atoms with E-state index in [9.17, 15) is 4.79 Å². The van der Waals surface area contributed by atoms with Gasteiger partial charge in [0.05, 0.1) is 18.3 Å². The number of hydrogen-bond donors (Lipinski definition) is 0. The van der Waals surface area contributed by atoms with Crippen molar-refractivity contribution in [2.45, 2.75) is 38.4 Å². The van der Waals surface area contributed by atoms with Gasteiger partial charge in [-0.25, -0.2) is 0 Å². The monoisotopic (exact) mass is 218 g/mol. The SMILES string of the molecule is COCC(CC(C)(CC(C)=O)OC)OC. The average molecular weight is 218 g/mol. The van der Waals surface area contributed by atoms with Crippen molar-refractivity contribution in [3.8, 4) is 0 Å². The Morgan fingerprint density at radius 1 is 1.33 bits per heavy atom. The summed E-state index contributed by atoms with van der Waals surface area (Å²) in [5, 5.41) is 0. The van der Waals surface area contributed by atoms with E-state index in [1.165, 1.54) is 0 Å². The lowest BCUT2D eigenvalue weighted by Crippen LogP contribution is -2.36. The minimum absolute atomic E-state index is 0.0423. The van der Waals surface area contributed by atoms with Crippen molar-refractivity contribution in [1.29, 1.82) is 0 Å². The lowest BCUT2D eigenvalue weighted by atomic mass is 9.92. The Hall–Kier alpha value is -0.450. The summed E-state index contributed by atoms with van der Waals surface area (Å²) in [7, 11) is 4.87. The van der Waals surface area contributed by atoms with Crippen molar-refractivity contribution >= 4 is 5.78 Å². The molecule has 0 radical (unpaired) electrons. The quantitative estimate of drug-likeness (QED) is 0.618. The molecular weight excluding hydrogens is 196 g/mol. The van der Waals surface area contributed by atoms with Gasteiger partial charge in [0.2, 0.25) is 0 Å². The van der Waals surface area contributed by atoms with Crippen molar-refractivity contribution in [2.75, 3.05) is 27.9 Å². The van der Waals surface area contributed by atoms with Crippen LogP contribution in [-0.2, 0) is 19.0 Å². The highest BCUT2D eigenvalue weighted by molar-refractivity contribution is 5.76. The first-order valence-electron chi connectivity index (χ1n) is 5.03. The lowest BCUT2D eigenvalue weighted by molar-refractivity contribution is -0.125. The van der Waals surface area contributed by atoms with Crippen LogP contribution in [-0.4, -0.2) is 45.4 Å². The second-order valence-corrected chi connectivity index (χ2v) is 4.05. The van der Waals surface area contributed by atoms with E-state index in [2.05, 4.69) is 0 Å². The third-order valence-electron chi connectivity index (χ3n) is 2.46. The number of methoxy groups -OCH3 is 3. The van der Waals surface area contributed by atoms with Crippen LogP contribution >= 0.6 is 0 Å². The maximum absolute atomic E-state index is 11.1. The van der Waals surface area contributed by atoms with E-state index in [1.807, 2.05) is 6.92 Å². The van der Waals surface area contributed by atoms with Crippen molar-refractivity contribution in [2.24, 2.45) is 0 Å². The van der Waals surface area contributed by atoms with Gasteiger partial charge >= 0.3 is 0 Å². The smallest absolute Gasteiger partial charge is 0.132 e. The van der Waals surface area contributed by atoms with E-state index < -0.39 is 5.60 Å². The number of rotatable bonds is 8. The summed E-state index contributed by atoms with van der Waals surface area (Å²) in [5.41, 5.74) is -0.467. The molecule has 2 atom stereocenters. The molecule has 0 bridgehead atoms. The summed E-state index contributed by atoms with van der Waals surface area (Å²) in [6.45, 7) is 3.98. The molecule has 0 aromatic heterocycles. The maximum atomic E-state index is 11.1. The highest BCUT2D eigenvalue weighted by Crippen LogP contribution is 2.22. The van der Waals surface area contributed by atoms with Gasteiger partial charge in [-0.05, 0) is 13.8 Å². The zero-order chi connectivity index (χ0) is 11.9. The van der Waals surface area contributed by atoms with Gasteiger partial charge in [-0.3, -0.25) is 4.79 Å². The van der Waals surface area contributed by atoms with Crippen LogP contribution in [0.1, 0.15) is 26.7 Å². The minimum atomic E-state index is -0.467. The fourth-order valence-electron chi connectivity index (χ4n) is 1.63. The van der Waals surface area contributed by atoms with Gasteiger partial charge in [-0.2, -0.15) is 0 Å². The topological polar surface area (TPSA) is 44.8 Å². The molecule has 0 fully saturated rings. The summed E-state index contributed by atoms with van der Waals surface area (Å²) in [6, 6.07) is 0. The van der Waals surface area contributed by atoms with Crippen molar-refractivity contribution in [3.05, 3.63) is 0 Å². The van der Waals surface area contributed by atoms with Crippen molar-refractivity contribution < 1.29 is 19.0 Å². The highest BCUT2D eigenvalue weighted by atomic mass is 16.5. The average Bonchev–Trinajstić information content (AvgIpc) is 2.16. The van der Waals surface area contributed by atoms with E-state index in [1.54, 1.807) is 28.3 Å². The number of Topliss-reactive ketones (excluding diaryl/α,β-unsaturated/α-hetero) is 1. The molecule has 0 saturated heterocycles. The molecule has 0 aliphatic carbocycles. The van der Waals surface area contributed by atoms with E-state index >= 15 is 0 Å². The van der Waals surface area contributed by atoms with Crippen LogP contribution in [0.2, 0.25) is 0 Å². The van der Waals surface area contributed by atoms with Gasteiger partial charge in [0, 0.05) is 34.2 Å². The summed E-state index contributed by atoms with van der Waals surface area (Å²) in [6.07, 6.45) is 1.000. The summed E-state index contributed by atoms with van der Waals surface area (Å²) < 4.78 is 15.6.